The van der Waals surface area contributed by atoms with Crippen LogP contribution < -0.4 is 14.5 Å². The largest absolute Gasteiger partial charge is 0.504 e. The summed E-state index contributed by atoms with van der Waals surface area (Å²) in [6.45, 7) is 5.64. The first-order valence-electron chi connectivity index (χ1n) is 6.20. The lowest BCUT2D eigenvalue weighted by Crippen LogP contribution is -3.26. The number of rotatable bonds is 3. The zero-order valence-corrected chi connectivity index (χ0v) is 10.6. The van der Waals surface area contributed by atoms with E-state index in [2.05, 4.69) is 7.05 Å². The van der Waals surface area contributed by atoms with Crippen molar-refractivity contribution in [1.82, 2.24) is 0 Å². The van der Waals surface area contributed by atoms with Crippen LogP contribution in [0.1, 0.15) is 5.56 Å². The van der Waals surface area contributed by atoms with Crippen LogP contribution in [0.25, 0.3) is 0 Å². The Morgan fingerprint density at radius 1 is 1.24 bits per heavy atom. The first kappa shape index (κ1) is 12.2. The number of aromatic hydroxyl groups is 1. The molecule has 0 unspecified atom stereocenters. The van der Waals surface area contributed by atoms with Gasteiger partial charge in [-0.25, -0.2) is 0 Å². The molecule has 1 aromatic rings. The fourth-order valence-electron chi connectivity index (χ4n) is 2.35. The highest BCUT2D eigenvalue weighted by atomic mass is 16.5. The molecule has 1 fully saturated rings. The van der Waals surface area contributed by atoms with E-state index in [-0.39, 0.29) is 0 Å². The Hall–Kier alpha value is -1.26. The molecule has 0 saturated carbocycles. The van der Waals surface area contributed by atoms with E-state index in [0.717, 1.165) is 12.1 Å². The highest BCUT2D eigenvalue weighted by molar-refractivity contribution is 5.44. The number of para-hydroxylation sites is 1. The molecule has 0 spiro atoms. The lowest BCUT2D eigenvalue weighted by Gasteiger charge is -2.27. The molecule has 4 heteroatoms. The minimum Gasteiger partial charge on any atom is -0.504 e. The van der Waals surface area contributed by atoms with Crippen molar-refractivity contribution in [2.45, 2.75) is 6.54 Å². The van der Waals surface area contributed by atoms with Crippen molar-refractivity contribution in [3.05, 3.63) is 23.8 Å². The van der Waals surface area contributed by atoms with Crippen LogP contribution in [0, 0.1) is 0 Å². The number of hydrogen-bond acceptors (Lipinski definition) is 2. The van der Waals surface area contributed by atoms with E-state index in [1.54, 1.807) is 23.0 Å². The van der Waals surface area contributed by atoms with Gasteiger partial charge in [-0.1, -0.05) is 6.07 Å². The van der Waals surface area contributed by atoms with Crippen molar-refractivity contribution in [2.75, 3.05) is 40.3 Å². The van der Waals surface area contributed by atoms with E-state index < -0.39 is 0 Å². The van der Waals surface area contributed by atoms with Gasteiger partial charge in [0.05, 0.1) is 19.7 Å². The fourth-order valence-corrected chi connectivity index (χ4v) is 2.35. The second-order valence-electron chi connectivity index (χ2n) is 4.85. The number of hydrogen-bond donors (Lipinski definition) is 3. The van der Waals surface area contributed by atoms with Crippen LogP contribution in [0.15, 0.2) is 18.2 Å². The van der Waals surface area contributed by atoms with Gasteiger partial charge in [-0.2, -0.15) is 0 Å². The van der Waals surface area contributed by atoms with E-state index in [9.17, 15) is 5.11 Å². The summed E-state index contributed by atoms with van der Waals surface area (Å²) >= 11 is 0. The number of quaternary nitrogens is 2. The zero-order chi connectivity index (χ0) is 12.3. The van der Waals surface area contributed by atoms with Crippen molar-refractivity contribution in [1.29, 1.82) is 0 Å². The number of benzene rings is 1. The molecular weight excluding hydrogens is 216 g/mol. The lowest BCUT2D eigenvalue weighted by atomic mass is 10.1. The molecule has 2 rings (SSSR count). The highest BCUT2D eigenvalue weighted by Gasteiger charge is 2.21. The summed E-state index contributed by atoms with van der Waals surface area (Å²) in [5.74, 6) is 0.871. The Kier molecular flexibility index (Phi) is 3.86. The van der Waals surface area contributed by atoms with Gasteiger partial charge in [-0.15, -0.1) is 0 Å². The predicted molar refractivity (Wildman–Crippen MR) is 65.7 cm³/mol. The smallest absolute Gasteiger partial charge is 0.166 e. The molecule has 0 aliphatic carbocycles. The molecule has 1 heterocycles. The predicted octanol–water partition coefficient (Wildman–Crippen LogP) is -1.69. The molecule has 1 aliphatic rings. The SMILES string of the molecule is COc1cccc(C[NH+]2CC[NH+](C)CC2)c1O. The minimum atomic E-state index is 0.300. The summed E-state index contributed by atoms with van der Waals surface area (Å²) in [6, 6.07) is 5.72. The molecule has 94 valence electrons. The van der Waals surface area contributed by atoms with Crippen LogP contribution in [0.2, 0.25) is 0 Å². The summed E-state index contributed by atoms with van der Waals surface area (Å²) in [5.41, 5.74) is 0.985. The summed E-state index contributed by atoms with van der Waals surface area (Å²) < 4.78 is 5.13. The van der Waals surface area contributed by atoms with Crippen molar-refractivity contribution in [3.8, 4) is 11.5 Å². The third-order valence-corrected chi connectivity index (χ3v) is 3.55. The topological polar surface area (TPSA) is 38.3 Å². The van der Waals surface area contributed by atoms with Gasteiger partial charge in [0.15, 0.2) is 11.5 Å². The van der Waals surface area contributed by atoms with Crippen molar-refractivity contribution < 1.29 is 19.6 Å². The van der Waals surface area contributed by atoms with Crippen LogP contribution in [0.3, 0.4) is 0 Å². The highest BCUT2D eigenvalue weighted by Crippen LogP contribution is 2.28. The van der Waals surface area contributed by atoms with Crippen LogP contribution in [0.5, 0.6) is 11.5 Å². The summed E-state index contributed by atoms with van der Waals surface area (Å²) in [6.07, 6.45) is 0. The molecule has 0 radical (unpaired) electrons. The van der Waals surface area contributed by atoms with Gasteiger partial charge in [0.1, 0.15) is 32.7 Å². The van der Waals surface area contributed by atoms with Gasteiger partial charge in [-0.3, -0.25) is 0 Å². The first-order chi connectivity index (χ1) is 8.20. The van der Waals surface area contributed by atoms with Gasteiger partial charge in [-0.05, 0) is 12.1 Å². The molecule has 1 saturated heterocycles. The normalized spacial score (nSPS) is 24.6. The van der Waals surface area contributed by atoms with Gasteiger partial charge in [0, 0.05) is 0 Å². The Bertz CT molecular complexity index is 374. The van der Waals surface area contributed by atoms with Gasteiger partial charge in [0.25, 0.3) is 0 Å². The average Bonchev–Trinajstić information content (AvgIpc) is 2.35. The number of nitrogens with one attached hydrogen (secondary N) is 2. The number of piperazine rings is 1. The van der Waals surface area contributed by atoms with Crippen molar-refractivity contribution in [2.24, 2.45) is 0 Å². The standard InChI is InChI=1S/C13H20N2O2/c1-14-6-8-15(9-7-14)10-11-4-3-5-12(17-2)13(11)16/h3-5,16H,6-10H2,1-2H3/p+2. The molecule has 1 aromatic carbocycles. The summed E-state index contributed by atoms with van der Waals surface area (Å²) in [4.78, 5) is 3.14. The van der Waals surface area contributed by atoms with E-state index >= 15 is 0 Å². The van der Waals surface area contributed by atoms with Crippen LogP contribution in [0.4, 0.5) is 0 Å². The van der Waals surface area contributed by atoms with Crippen molar-refractivity contribution in [3.63, 3.8) is 0 Å². The van der Waals surface area contributed by atoms with Crippen LogP contribution in [-0.2, 0) is 6.54 Å². The van der Waals surface area contributed by atoms with E-state index in [1.165, 1.54) is 26.2 Å². The van der Waals surface area contributed by atoms with E-state index in [1.807, 2.05) is 12.1 Å². The molecule has 0 atom stereocenters. The van der Waals surface area contributed by atoms with E-state index in [0.29, 0.717) is 11.5 Å². The molecule has 3 N–H and O–H groups in total. The van der Waals surface area contributed by atoms with Gasteiger partial charge >= 0.3 is 0 Å². The maximum atomic E-state index is 10.0. The Morgan fingerprint density at radius 3 is 2.59 bits per heavy atom. The number of methoxy groups -OCH3 is 1. The van der Waals surface area contributed by atoms with Gasteiger partial charge in [0.2, 0.25) is 0 Å². The van der Waals surface area contributed by atoms with Crippen LogP contribution in [-0.4, -0.2) is 45.4 Å². The Labute approximate surface area is 102 Å². The molecule has 0 bridgehead atoms. The maximum Gasteiger partial charge on any atom is 0.166 e. The fraction of sp³-hybridized carbons (Fsp3) is 0.538. The van der Waals surface area contributed by atoms with Gasteiger partial charge < -0.3 is 19.6 Å². The monoisotopic (exact) mass is 238 g/mol. The molecular formula is C13H22N2O2+2. The first-order valence-corrected chi connectivity index (χ1v) is 6.20. The second kappa shape index (κ2) is 5.38. The third-order valence-electron chi connectivity index (χ3n) is 3.55. The van der Waals surface area contributed by atoms with E-state index in [4.69, 9.17) is 4.74 Å². The third kappa shape index (κ3) is 2.90. The summed E-state index contributed by atoms with van der Waals surface area (Å²) in [7, 11) is 3.82. The molecule has 1 aliphatic heterocycles. The molecule has 4 nitrogen and oxygen atoms in total. The number of phenols is 1. The minimum absolute atomic E-state index is 0.300. The molecule has 17 heavy (non-hydrogen) atoms. The quantitative estimate of drug-likeness (QED) is 0.588. The van der Waals surface area contributed by atoms with Crippen molar-refractivity contribution >= 4 is 0 Å². The number of phenolic OH excluding ortho intramolecular Hbond substituents is 1. The van der Waals surface area contributed by atoms with Crippen LogP contribution >= 0.6 is 0 Å². The number of ether oxygens (including phenoxy) is 1. The second-order valence-corrected chi connectivity index (χ2v) is 4.85. The Balaban J connectivity index is 2.03. The molecule has 0 amide bonds. The average molecular weight is 238 g/mol. The lowest BCUT2D eigenvalue weighted by molar-refractivity contribution is -1.01. The molecule has 0 aromatic heterocycles. The Morgan fingerprint density at radius 2 is 1.94 bits per heavy atom. The zero-order valence-electron chi connectivity index (χ0n) is 10.6. The maximum absolute atomic E-state index is 10.0. The number of likely N-dealkylation sites (N-methyl/N-ethyl adjacent to an activating group) is 1. The summed E-state index contributed by atoms with van der Waals surface area (Å²) in [5, 5.41) is 10.0.